The number of hydrogen-bond donors (Lipinski definition) is 3. The number of hydrazine groups is 1. The van der Waals surface area contributed by atoms with Gasteiger partial charge in [0.15, 0.2) is 0 Å². The molecule has 4 N–H and O–H groups in total. The van der Waals surface area contributed by atoms with E-state index < -0.39 is 0 Å². The normalized spacial score (nSPS) is 12.2. The van der Waals surface area contributed by atoms with Gasteiger partial charge in [0.1, 0.15) is 0 Å². The topological polar surface area (TPSA) is 70.4 Å². The summed E-state index contributed by atoms with van der Waals surface area (Å²) in [6, 6.07) is 7.40. The molecule has 1 aromatic carbocycles. The summed E-state index contributed by atoms with van der Waals surface area (Å²) in [6.45, 7) is 9.61. The third kappa shape index (κ3) is 5.73. The second-order valence-corrected chi connectivity index (χ2v) is 5.23. The van der Waals surface area contributed by atoms with Crippen molar-refractivity contribution in [2.75, 3.05) is 25.1 Å². The highest BCUT2D eigenvalue weighted by Crippen LogP contribution is 2.13. The second kappa shape index (κ2) is 9.37. The Labute approximate surface area is 127 Å². The molecule has 5 nitrogen and oxygen atoms in total. The highest BCUT2D eigenvalue weighted by Gasteiger charge is 2.13. The molecule has 1 atom stereocenters. The Balaban J connectivity index is 2.43. The first-order valence-corrected chi connectivity index (χ1v) is 7.71. The van der Waals surface area contributed by atoms with Gasteiger partial charge >= 0.3 is 0 Å². The van der Waals surface area contributed by atoms with Crippen LogP contribution in [0.4, 0.5) is 5.69 Å². The molecule has 0 radical (unpaired) electrons. The number of nitrogens with one attached hydrogen (secondary N) is 2. The molecule has 0 bridgehead atoms. The van der Waals surface area contributed by atoms with E-state index in [1.165, 1.54) is 0 Å². The van der Waals surface area contributed by atoms with Gasteiger partial charge in [-0.15, -0.1) is 0 Å². The summed E-state index contributed by atoms with van der Waals surface area (Å²) in [7, 11) is 0. The Hall–Kier alpha value is -1.59. The van der Waals surface area contributed by atoms with Gasteiger partial charge in [-0.1, -0.05) is 26.0 Å². The van der Waals surface area contributed by atoms with Crippen LogP contribution in [-0.4, -0.2) is 36.5 Å². The fourth-order valence-electron chi connectivity index (χ4n) is 2.34. The molecule has 0 fully saturated rings. The van der Waals surface area contributed by atoms with Crippen LogP contribution in [0.1, 0.15) is 44.0 Å². The quantitative estimate of drug-likeness (QED) is 0.482. The lowest BCUT2D eigenvalue weighted by Gasteiger charge is -2.20. The van der Waals surface area contributed by atoms with E-state index in [0.29, 0.717) is 11.3 Å². The number of nitrogens with zero attached hydrogens (tertiary/aromatic N) is 1. The first-order chi connectivity index (χ1) is 10.1. The number of carbonyl (C=O) groups excluding carboxylic acids is 1. The van der Waals surface area contributed by atoms with E-state index in [0.717, 1.165) is 32.5 Å². The third-order valence-corrected chi connectivity index (χ3v) is 3.71. The molecule has 0 saturated carbocycles. The van der Waals surface area contributed by atoms with Gasteiger partial charge < -0.3 is 15.6 Å². The Kier molecular flexibility index (Phi) is 7.79. The smallest absolute Gasteiger partial charge is 0.253 e. The number of anilines is 1. The largest absolute Gasteiger partial charge is 0.350 e. The number of benzene rings is 1. The van der Waals surface area contributed by atoms with Crippen LogP contribution < -0.4 is 16.6 Å². The molecule has 0 aromatic heterocycles. The zero-order valence-electron chi connectivity index (χ0n) is 13.4. The first-order valence-electron chi connectivity index (χ1n) is 7.71. The Morgan fingerprint density at radius 3 is 2.57 bits per heavy atom. The van der Waals surface area contributed by atoms with Crippen molar-refractivity contribution in [1.82, 2.24) is 10.2 Å². The lowest BCUT2D eigenvalue weighted by atomic mass is 10.1. The van der Waals surface area contributed by atoms with Crippen LogP contribution in [0.2, 0.25) is 0 Å². The van der Waals surface area contributed by atoms with Gasteiger partial charge in [0.05, 0.1) is 11.3 Å². The van der Waals surface area contributed by atoms with Crippen LogP contribution in [0.5, 0.6) is 0 Å². The van der Waals surface area contributed by atoms with E-state index >= 15 is 0 Å². The van der Waals surface area contributed by atoms with Gasteiger partial charge in [-0.2, -0.15) is 0 Å². The van der Waals surface area contributed by atoms with Crippen molar-refractivity contribution in [3.8, 4) is 0 Å². The third-order valence-electron chi connectivity index (χ3n) is 3.71. The van der Waals surface area contributed by atoms with Gasteiger partial charge in [0.2, 0.25) is 0 Å². The van der Waals surface area contributed by atoms with Crippen LogP contribution in [0.3, 0.4) is 0 Å². The monoisotopic (exact) mass is 292 g/mol. The van der Waals surface area contributed by atoms with Crippen molar-refractivity contribution in [3.05, 3.63) is 29.8 Å². The molecule has 1 aromatic rings. The minimum absolute atomic E-state index is 0.0844. The van der Waals surface area contributed by atoms with E-state index in [9.17, 15) is 4.79 Å². The molecular formula is C16H28N4O. The average molecular weight is 292 g/mol. The number of hydrogen-bond acceptors (Lipinski definition) is 4. The fraction of sp³-hybridized carbons (Fsp3) is 0.562. The van der Waals surface area contributed by atoms with E-state index in [1.54, 1.807) is 12.1 Å². The summed E-state index contributed by atoms with van der Waals surface area (Å²) in [5.41, 5.74) is 3.78. The Morgan fingerprint density at radius 2 is 1.95 bits per heavy atom. The van der Waals surface area contributed by atoms with Crippen molar-refractivity contribution in [3.63, 3.8) is 0 Å². The van der Waals surface area contributed by atoms with Crippen LogP contribution >= 0.6 is 0 Å². The van der Waals surface area contributed by atoms with Crippen LogP contribution in [-0.2, 0) is 0 Å². The summed E-state index contributed by atoms with van der Waals surface area (Å²) in [4.78, 5) is 14.6. The lowest BCUT2D eigenvalue weighted by molar-refractivity contribution is 0.0938. The molecule has 21 heavy (non-hydrogen) atoms. The fourth-order valence-corrected chi connectivity index (χ4v) is 2.34. The summed E-state index contributed by atoms with van der Waals surface area (Å²) in [6.07, 6.45) is 2.06. The summed E-state index contributed by atoms with van der Waals surface area (Å²) >= 11 is 0. The molecule has 0 aliphatic heterocycles. The number of nitrogen functional groups attached to an aromatic ring is 1. The molecule has 0 aliphatic carbocycles. The van der Waals surface area contributed by atoms with Gasteiger partial charge in [-0.05, 0) is 51.5 Å². The van der Waals surface area contributed by atoms with E-state index in [1.807, 2.05) is 19.1 Å². The summed E-state index contributed by atoms with van der Waals surface area (Å²) in [5.74, 6) is 5.34. The predicted octanol–water partition coefficient (Wildman–Crippen LogP) is 2.21. The average Bonchev–Trinajstić information content (AvgIpc) is 2.51. The maximum absolute atomic E-state index is 12.2. The van der Waals surface area contributed by atoms with Gasteiger partial charge in [-0.3, -0.25) is 10.6 Å². The molecule has 0 aliphatic rings. The number of carbonyl (C=O) groups is 1. The van der Waals surface area contributed by atoms with Crippen LogP contribution in [0, 0.1) is 0 Å². The standard InChI is InChI=1S/C16H28N4O/c1-4-20(5-2)12-8-9-13(3)18-16(21)14-10-6-7-11-15(14)19-17/h6-7,10-11,13,19H,4-5,8-9,12,17H2,1-3H3,(H,18,21). The van der Waals surface area contributed by atoms with Crippen molar-refractivity contribution in [1.29, 1.82) is 0 Å². The number of rotatable bonds is 9. The van der Waals surface area contributed by atoms with Crippen molar-refractivity contribution in [2.45, 2.75) is 39.7 Å². The minimum atomic E-state index is -0.0844. The highest BCUT2D eigenvalue weighted by molar-refractivity contribution is 5.99. The molecule has 5 heteroatoms. The summed E-state index contributed by atoms with van der Waals surface area (Å²) in [5, 5.41) is 3.03. The van der Waals surface area contributed by atoms with E-state index in [2.05, 4.69) is 29.5 Å². The van der Waals surface area contributed by atoms with E-state index in [-0.39, 0.29) is 11.9 Å². The molecule has 1 rings (SSSR count). The molecule has 118 valence electrons. The van der Waals surface area contributed by atoms with Crippen LogP contribution in [0.15, 0.2) is 24.3 Å². The zero-order chi connectivity index (χ0) is 15.7. The predicted molar refractivity (Wildman–Crippen MR) is 88.2 cm³/mol. The minimum Gasteiger partial charge on any atom is -0.350 e. The summed E-state index contributed by atoms with van der Waals surface area (Å²) < 4.78 is 0. The number of nitrogens with two attached hydrogens (primary N) is 1. The van der Waals surface area contributed by atoms with Gasteiger partial charge in [0, 0.05) is 6.04 Å². The number of amides is 1. The molecule has 1 unspecified atom stereocenters. The molecule has 0 spiro atoms. The van der Waals surface area contributed by atoms with Gasteiger partial charge in [0.25, 0.3) is 5.91 Å². The van der Waals surface area contributed by atoms with Crippen molar-refractivity contribution in [2.24, 2.45) is 5.84 Å². The molecule has 1 amide bonds. The second-order valence-electron chi connectivity index (χ2n) is 5.23. The Bertz CT molecular complexity index is 432. The first kappa shape index (κ1) is 17.5. The van der Waals surface area contributed by atoms with Crippen molar-refractivity contribution < 1.29 is 4.79 Å². The van der Waals surface area contributed by atoms with Crippen molar-refractivity contribution >= 4 is 11.6 Å². The molecule has 0 saturated heterocycles. The zero-order valence-corrected chi connectivity index (χ0v) is 13.4. The molecular weight excluding hydrogens is 264 g/mol. The number of para-hydroxylation sites is 1. The Morgan fingerprint density at radius 1 is 1.29 bits per heavy atom. The maximum Gasteiger partial charge on any atom is 0.253 e. The maximum atomic E-state index is 12.2. The SMILES string of the molecule is CCN(CC)CCCC(C)NC(=O)c1ccccc1NN. The highest BCUT2D eigenvalue weighted by atomic mass is 16.1. The van der Waals surface area contributed by atoms with E-state index in [4.69, 9.17) is 5.84 Å². The molecule has 0 heterocycles. The van der Waals surface area contributed by atoms with Crippen LogP contribution in [0.25, 0.3) is 0 Å². The van der Waals surface area contributed by atoms with Gasteiger partial charge in [-0.25, -0.2) is 0 Å². The lowest BCUT2D eigenvalue weighted by Crippen LogP contribution is -2.34.